The highest BCUT2D eigenvalue weighted by Gasteiger charge is 1.96. The van der Waals surface area contributed by atoms with Crippen molar-refractivity contribution >= 4 is 5.97 Å². The second-order valence-corrected chi connectivity index (χ2v) is 6.90. The largest absolute Gasteiger partial charge is 0.508 e. The van der Waals surface area contributed by atoms with Crippen LogP contribution in [0.4, 0.5) is 0 Å². The lowest BCUT2D eigenvalue weighted by Gasteiger charge is -1.99. The molecule has 4 aromatic rings. The minimum atomic E-state index is -0.321. The molecule has 160 valence electrons. The Bertz CT molecular complexity index is 1280. The number of hydrogen-bond acceptors (Lipinski definition) is 3. The van der Waals surface area contributed by atoms with Gasteiger partial charge in [-0.25, -0.2) is 0 Å². The monoisotopic (exact) mass is 430 g/mol. The normalized spacial score (nSPS) is 9.12. The van der Waals surface area contributed by atoms with E-state index in [0.717, 1.165) is 22.3 Å². The molecule has 1 N–H and O–H groups in total. The van der Waals surface area contributed by atoms with Gasteiger partial charge in [0.25, 0.3) is 0 Å². The van der Waals surface area contributed by atoms with E-state index in [2.05, 4.69) is 23.7 Å². The number of phenols is 1. The first-order valence-electron chi connectivity index (χ1n) is 10.3. The molecule has 0 bridgehead atoms. The Morgan fingerprint density at radius 1 is 0.576 bits per heavy atom. The highest BCUT2D eigenvalue weighted by atomic mass is 16.5. The molecular formula is C30H22O3. The van der Waals surface area contributed by atoms with Crippen LogP contribution in [0.25, 0.3) is 0 Å². The van der Waals surface area contributed by atoms with Crippen molar-refractivity contribution in [2.75, 3.05) is 0 Å². The molecule has 0 atom stereocenters. The number of benzene rings is 4. The molecular weight excluding hydrogens is 408 g/mol. The van der Waals surface area contributed by atoms with Crippen LogP contribution in [0.15, 0.2) is 109 Å². The first-order valence-corrected chi connectivity index (χ1v) is 10.3. The van der Waals surface area contributed by atoms with E-state index in [1.54, 1.807) is 36.4 Å². The highest BCUT2D eigenvalue weighted by molar-refractivity contribution is 5.69. The van der Waals surface area contributed by atoms with Crippen LogP contribution in [-0.4, -0.2) is 11.1 Å². The summed E-state index contributed by atoms with van der Waals surface area (Å²) in [6.45, 7) is 1.38. The molecule has 4 rings (SSSR count). The molecule has 0 saturated heterocycles. The summed E-state index contributed by atoms with van der Waals surface area (Å²) in [6, 6.07) is 33.6. The van der Waals surface area contributed by atoms with E-state index < -0.39 is 0 Å². The van der Waals surface area contributed by atoms with E-state index in [9.17, 15) is 4.79 Å². The van der Waals surface area contributed by atoms with Crippen molar-refractivity contribution in [3.8, 4) is 35.2 Å². The molecule has 0 aliphatic rings. The first kappa shape index (κ1) is 22.9. The maximum atomic E-state index is 10.8. The number of aromatic hydroxyl groups is 1. The SMILES string of the molecule is CC(=O)Oc1ccc(C#Cc2ccccc2)cc1.Oc1ccc(C#Cc2ccccc2)cc1. The summed E-state index contributed by atoms with van der Waals surface area (Å²) in [5.74, 6) is 12.7. The second kappa shape index (κ2) is 12.2. The molecule has 0 unspecified atom stereocenters. The van der Waals surface area contributed by atoms with Gasteiger partial charge in [0, 0.05) is 29.2 Å². The van der Waals surface area contributed by atoms with Crippen molar-refractivity contribution in [2.24, 2.45) is 0 Å². The predicted molar refractivity (Wildman–Crippen MR) is 131 cm³/mol. The first-order chi connectivity index (χ1) is 16.1. The minimum absolute atomic E-state index is 0.264. The van der Waals surface area contributed by atoms with Gasteiger partial charge < -0.3 is 9.84 Å². The van der Waals surface area contributed by atoms with Crippen LogP contribution >= 0.6 is 0 Å². The van der Waals surface area contributed by atoms with Crippen LogP contribution in [-0.2, 0) is 4.79 Å². The number of hydrogen-bond donors (Lipinski definition) is 1. The Hall–Kier alpha value is -4.73. The average Bonchev–Trinajstić information content (AvgIpc) is 2.85. The van der Waals surface area contributed by atoms with Crippen molar-refractivity contribution in [2.45, 2.75) is 6.92 Å². The van der Waals surface area contributed by atoms with Crippen molar-refractivity contribution in [1.82, 2.24) is 0 Å². The van der Waals surface area contributed by atoms with E-state index in [4.69, 9.17) is 9.84 Å². The third-order valence-corrected chi connectivity index (χ3v) is 4.23. The fraction of sp³-hybridized carbons (Fsp3) is 0.0333. The number of phenolic OH excluding ortho intramolecular Hbond substituents is 1. The molecule has 0 fully saturated rings. The van der Waals surface area contributed by atoms with Gasteiger partial charge in [0.15, 0.2) is 0 Å². The summed E-state index contributed by atoms with van der Waals surface area (Å²) in [4.78, 5) is 10.8. The van der Waals surface area contributed by atoms with Crippen LogP contribution in [0.2, 0.25) is 0 Å². The molecule has 3 heteroatoms. The Morgan fingerprint density at radius 3 is 1.33 bits per heavy atom. The molecule has 0 aliphatic heterocycles. The van der Waals surface area contributed by atoms with Gasteiger partial charge in [-0.1, -0.05) is 60.1 Å². The predicted octanol–water partition coefficient (Wildman–Crippen LogP) is 5.80. The lowest BCUT2D eigenvalue weighted by Crippen LogP contribution is -2.00. The number of carbonyl (C=O) groups is 1. The highest BCUT2D eigenvalue weighted by Crippen LogP contribution is 2.12. The molecule has 0 aliphatic carbocycles. The summed E-state index contributed by atoms with van der Waals surface area (Å²) in [5.41, 5.74) is 3.75. The maximum absolute atomic E-state index is 10.8. The van der Waals surface area contributed by atoms with Crippen LogP contribution in [0, 0.1) is 23.7 Å². The third kappa shape index (κ3) is 8.50. The van der Waals surface area contributed by atoms with E-state index in [1.807, 2.05) is 72.8 Å². The van der Waals surface area contributed by atoms with E-state index in [-0.39, 0.29) is 11.7 Å². The number of ether oxygens (including phenoxy) is 1. The quantitative estimate of drug-likeness (QED) is 0.236. The smallest absolute Gasteiger partial charge is 0.308 e. The van der Waals surface area contributed by atoms with Crippen molar-refractivity contribution in [1.29, 1.82) is 0 Å². The molecule has 0 radical (unpaired) electrons. The average molecular weight is 431 g/mol. The fourth-order valence-electron chi connectivity index (χ4n) is 2.65. The fourth-order valence-corrected chi connectivity index (χ4v) is 2.65. The van der Waals surface area contributed by atoms with Crippen LogP contribution in [0.5, 0.6) is 11.5 Å². The standard InChI is InChI=1S/C16H12O2.C14H10O/c1-13(17)18-16-11-9-15(10-12-16)8-7-14-5-3-2-4-6-14;15-14-10-8-13(9-11-14)7-6-12-4-2-1-3-5-12/h2-6,9-12H,1H3;1-5,8-11,15H. The van der Waals surface area contributed by atoms with Gasteiger partial charge in [0.05, 0.1) is 0 Å². The number of rotatable bonds is 1. The lowest BCUT2D eigenvalue weighted by atomic mass is 10.2. The lowest BCUT2D eigenvalue weighted by molar-refractivity contribution is -0.131. The molecule has 33 heavy (non-hydrogen) atoms. The molecule has 0 aromatic heterocycles. The van der Waals surface area contributed by atoms with E-state index in [0.29, 0.717) is 5.75 Å². The van der Waals surface area contributed by atoms with Gasteiger partial charge in [0.2, 0.25) is 0 Å². The summed E-state index contributed by atoms with van der Waals surface area (Å²) in [5, 5.41) is 9.09. The molecule has 4 aromatic carbocycles. The van der Waals surface area contributed by atoms with Crippen LogP contribution < -0.4 is 4.74 Å². The minimum Gasteiger partial charge on any atom is -0.508 e. The summed E-state index contributed by atoms with van der Waals surface area (Å²) in [6.07, 6.45) is 0. The Morgan fingerprint density at radius 2 is 0.939 bits per heavy atom. The molecule has 0 saturated carbocycles. The van der Waals surface area contributed by atoms with Gasteiger partial charge in [-0.05, 0) is 72.8 Å². The van der Waals surface area contributed by atoms with E-state index >= 15 is 0 Å². The Kier molecular flexibility index (Phi) is 8.48. The Labute approximate surface area is 194 Å². The molecule has 0 heterocycles. The van der Waals surface area contributed by atoms with Crippen molar-refractivity contribution < 1.29 is 14.6 Å². The zero-order valence-corrected chi connectivity index (χ0v) is 18.2. The zero-order chi connectivity index (χ0) is 23.3. The summed E-state index contributed by atoms with van der Waals surface area (Å²) in [7, 11) is 0. The van der Waals surface area contributed by atoms with Gasteiger partial charge in [-0.15, -0.1) is 0 Å². The van der Waals surface area contributed by atoms with Crippen molar-refractivity contribution in [3.63, 3.8) is 0 Å². The number of esters is 1. The van der Waals surface area contributed by atoms with E-state index in [1.165, 1.54) is 6.92 Å². The van der Waals surface area contributed by atoms with Gasteiger partial charge >= 0.3 is 5.97 Å². The second-order valence-electron chi connectivity index (χ2n) is 6.90. The molecule has 0 amide bonds. The van der Waals surface area contributed by atoms with Crippen LogP contribution in [0.1, 0.15) is 29.2 Å². The van der Waals surface area contributed by atoms with Crippen LogP contribution in [0.3, 0.4) is 0 Å². The maximum Gasteiger partial charge on any atom is 0.308 e. The topological polar surface area (TPSA) is 46.5 Å². The zero-order valence-electron chi connectivity index (χ0n) is 18.2. The summed E-state index contributed by atoms with van der Waals surface area (Å²) >= 11 is 0. The van der Waals surface area contributed by atoms with Gasteiger partial charge in [0.1, 0.15) is 11.5 Å². The van der Waals surface area contributed by atoms with Gasteiger partial charge in [-0.2, -0.15) is 0 Å². The third-order valence-electron chi connectivity index (χ3n) is 4.23. The molecule has 3 nitrogen and oxygen atoms in total. The van der Waals surface area contributed by atoms with Gasteiger partial charge in [-0.3, -0.25) is 4.79 Å². The molecule has 0 spiro atoms. The number of carbonyl (C=O) groups excluding carboxylic acids is 1. The summed E-state index contributed by atoms with van der Waals surface area (Å²) < 4.78 is 4.94. The Balaban J connectivity index is 0.000000189. The van der Waals surface area contributed by atoms with Crippen molar-refractivity contribution in [3.05, 3.63) is 131 Å².